The number of carbonyl (C=O) groups is 1. The van der Waals surface area contributed by atoms with Gasteiger partial charge in [0.1, 0.15) is 11.3 Å². The summed E-state index contributed by atoms with van der Waals surface area (Å²) in [7, 11) is 0. The minimum absolute atomic E-state index is 0.0420. The van der Waals surface area contributed by atoms with Crippen LogP contribution in [-0.2, 0) is 10.2 Å². The van der Waals surface area contributed by atoms with Crippen molar-refractivity contribution < 1.29 is 18.7 Å². The summed E-state index contributed by atoms with van der Waals surface area (Å²) in [6.45, 7) is 10.5. The Morgan fingerprint density at radius 2 is 1.92 bits per heavy atom. The van der Waals surface area contributed by atoms with E-state index in [4.69, 9.17) is 21.0 Å². The molecule has 4 heterocycles. The maximum atomic E-state index is 14.2. The van der Waals surface area contributed by atoms with Gasteiger partial charge in [-0.3, -0.25) is 14.7 Å². The Balaban J connectivity index is 1.53. The second kappa shape index (κ2) is 9.45. The molecule has 3 aromatic heterocycles. The Morgan fingerprint density at radius 3 is 2.58 bits per heavy atom. The number of aliphatic hydroxyl groups is 1. The van der Waals surface area contributed by atoms with Crippen LogP contribution in [0.2, 0.25) is 5.02 Å². The molecule has 1 saturated heterocycles. The molecule has 1 unspecified atom stereocenters. The van der Waals surface area contributed by atoms with E-state index in [2.05, 4.69) is 4.98 Å². The van der Waals surface area contributed by atoms with Crippen molar-refractivity contribution in [2.75, 3.05) is 18.0 Å². The zero-order chi connectivity index (χ0) is 27.4. The number of rotatable bonds is 4. The Labute approximate surface area is 225 Å². The molecule has 1 fully saturated rings. The number of halogens is 2. The molecule has 9 heteroatoms. The highest BCUT2D eigenvalue weighted by atomic mass is 35.5. The van der Waals surface area contributed by atoms with Crippen molar-refractivity contribution in [3.05, 3.63) is 77.0 Å². The Kier molecular flexibility index (Phi) is 6.54. The van der Waals surface area contributed by atoms with Crippen molar-refractivity contribution in [3.8, 4) is 11.3 Å². The van der Waals surface area contributed by atoms with Gasteiger partial charge in [0.05, 0.1) is 28.1 Å². The van der Waals surface area contributed by atoms with Crippen molar-refractivity contribution in [3.63, 3.8) is 0 Å². The van der Waals surface area contributed by atoms with Crippen LogP contribution in [0.1, 0.15) is 52.2 Å². The lowest BCUT2D eigenvalue weighted by molar-refractivity contribution is -0.144. The minimum Gasteiger partial charge on any atom is -0.455 e. The Morgan fingerprint density at radius 1 is 1.16 bits per heavy atom. The average molecular weight is 537 g/mol. The van der Waals surface area contributed by atoms with E-state index in [1.54, 1.807) is 54.2 Å². The molecule has 1 amide bonds. The van der Waals surface area contributed by atoms with E-state index < -0.39 is 17.6 Å². The Bertz CT molecular complexity index is 1510. The van der Waals surface area contributed by atoms with E-state index in [1.165, 1.54) is 12.1 Å². The van der Waals surface area contributed by atoms with Crippen molar-refractivity contribution in [1.82, 2.24) is 14.9 Å². The number of hydrogen-bond donors (Lipinski definition) is 1. The lowest BCUT2D eigenvalue weighted by Gasteiger charge is -2.47. The summed E-state index contributed by atoms with van der Waals surface area (Å²) in [5, 5.41) is 11.5. The smallest absolute Gasteiger partial charge is 0.247 e. The number of amides is 1. The molecule has 1 aliphatic rings. The van der Waals surface area contributed by atoms with Gasteiger partial charge >= 0.3 is 0 Å². The first kappa shape index (κ1) is 26.3. The number of anilines is 1. The molecule has 4 aromatic rings. The molecule has 1 atom stereocenters. The van der Waals surface area contributed by atoms with Gasteiger partial charge in [0.15, 0.2) is 17.6 Å². The lowest BCUT2D eigenvalue weighted by Crippen LogP contribution is -2.64. The first-order chi connectivity index (χ1) is 17.9. The molecule has 0 bridgehead atoms. The molecule has 0 aliphatic carbocycles. The predicted octanol–water partition coefficient (Wildman–Crippen LogP) is 6.10. The molecule has 1 aromatic carbocycles. The van der Waals surface area contributed by atoms with E-state index in [1.807, 2.05) is 32.9 Å². The number of carbonyl (C=O) groups excluding carboxylic acids is 1. The number of piperazine rings is 1. The van der Waals surface area contributed by atoms with Crippen LogP contribution in [0.4, 0.5) is 10.1 Å². The van der Waals surface area contributed by atoms with Gasteiger partial charge in [0, 0.05) is 36.5 Å². The number of hydrogen-bond acceptors (Lipinski definition) is 6. The topological polar surface area (TPSA) is 82.7 Å². The van der Waals surface area contributed by atoms with Crippen LogP contribution in [0.25, 0.3) is 22.4 Å². The van der Waals surface area contributed by atoms with Gasteiger partial charge in [-0.1, -0.05) is 38.4 Å². The summed E-state index contributed by atoms with van der Waals surface area (Å²) < 4.78 is 20.4. The summed E-state index contributed by atoms with van der Waals surface area (Å²) in [6, 6.07) is 11.8. The van der Waals surface area contributed by atoms with Gasteiger partial charge in [0.25, 0.3) is 0 Å². The second-order valence-corrected chi connectivity index (χ2v) is 11.5. The molecule has 38 heavy (non-hydrogen) atoms. The van der Waals surface area contributed by atoms with Gasteiger partial charge < -0.3 is 14.4 Å². The molecular formula is C29H30ClFN4O3. The molecule has 198 valence electrons. The van der Waals surface area contributed by atoms with Gasteiger partial charge in [-0.15, -0.1) is 0 Å². The Hall–Kier alpha value is -3.33. The number of fused-ring (bicyclic) bond motifs is 1. The highest BCUT2D eigenvalue weighted by Crippen LogP contribution is 2.39. The van der Waals surface area contributed by atoms with E-state index in [9.17, 15) is 14.3 Å². The fourth-order valence-electron chi connectivity index (χ4n) is 4.91. The zero-order valence-electron chi connectivity index (χ0n) is 22.0. The lowest BCUT2D eigenvalue weighted by atomic mass is 9.86. The van der Waals surface area contributed by atoms with Gasteiger partial charge in [0.2, 0.25) is 5.91 Å². The predicted molar refractivity (Wildman–Crippen MR) is 145 cm³/mol. The number of aromatic nitrogens is 2. The molecular weight excluding hydrogens is 507 g/mol. The first-order valence-corrected chi connectivity index (χ1v) is 12.8. The van der Waals surface area contributed by atoms with E-state index in [0.717, 1.165) is 5.56 Å². The zero-order valence-corrected chi connectivity index (χ0v) is 22.8. The maximum Gasteiger partial charge on any atom is 0.247 e. The third-order valence-electron chi connectivity index (χ3n) is 7.08. The monoisotopic (exact) mass is 536 g/mol. The van der Waals surface area contributed by atoms with Gasteiger partial charge in [-0.25, -0.2) is 9.37 Å². The molecule has 0 saturated carbocycles. The third-order valence-corrected chi connectivity index (χ3v) is 7.39. The van der Waals surface area contributed by atoms with Crippen molar-refractivity contribution in [2.45, 2.75) is 51.8 Å². The number of pyridine rings is 2. The number of nitrogens with zero attached hydrogens (tertiary/aromatic N) is 4. The number of benzene rings is 1. The van der Waals surface area contributed by atoms with Crippen molar-refractivity contribution in [2.24, 2.45) is 0 Å². The van der Waals surface area contributed by atoms with Crippen LogP contribution in [0.3, 0.4) is 0 Å². The van der Waals surface area contributed by atoms with Crippen LogP contribution in [0.15, 0.2) is 59.3 Å². The summed E-state index contributed by atoms with van der Waals surface area (Å²) in [4.78, 5) is 25.7. The quantitative estimate of drug-likeness (QED) is 0.339. The summed E-state index contributed by atoms with van der Waals surface area (Å²) in [6.07, 6.45) is 2.14. The van der Waals surface area contributed by atoms with Crippen molar-refractivity contribution >= 4 is 34.3 Å². The van der Waals surface area contributed by atoms with Crippen LogP contribution < -0.4 is 4.90 Å². The van der Waals surface area contributed by atoms with E-state index in [-0.39, 0.29) is 22.1 Å². The van der Waals surface area contributed by atoms with Crippen LogP contribution in [0.5, 0.6) is 0 Å². The SMILES string of the molecule is CC(C)(C)c1cc(-c2ccc(Cl)c(F)c2)nc2cc(C(O)N3CCN(c4cccnc4)C(=O)C3(C)C)oc12. The average Bonchev–Trinajstić information content (AvgIpc) is 3.30. The number of aliphatic hydroxyl groups excluding tert-OH is 1. The molecule has 0 radical (unpaired) electrons. The number of furan rings is 1. The van der Waals surface area contributed by atoms with Crippen LogP contribution >= 0.6 is 11.6 Å². The molecule has 7 nitrogen and oxygen atoms in total. The van der Waals surface area contributed by atoms with Crippen LogP contribution in [-0.4, -0.2) is 44.5 Å². The van der Waals surface area contributed by atoms with Gasteiger partial charge in [-0.2, -0.15) is 0 Å². The summed E-state index contributed by atoms with van der Waals surface area (Å²) >= 11 is 5.88. The molecule has 1 aliphatic heterocycles. The fourth-order valence-corrected chi connectivity index (χ4v) is 5.03. The first-order valence-electron chi connectivity index (χ1n) is 12.4. The maximum absolute atomic E-state index is 14.2. The van der Waals surface area contributed by atoms with Crippen molar-refractivity contribution in [1.29, 1.82) is 0 Å². The standard InChI is InChI=1S/C29H30ClFN4O3/c1-28(2,3)19-14-22(17-8-9-20(30)21(31)13-17)33-23-15-24(38-25(19)23)26(36)35-12-11-34(27(37)29(35,4)5)18-7-6-10-32-16-18/h6-10,13-16,26,36H,11-12H2,1-5H3. The summed E-state index contributed by atoms with van der Waals surface area (Å²) in [5.74, 6) is -0.385. The highest BCUT2D eigenvalue weighted by molar-refractivity contribution is 6.30. The largest absolute Gasteiger partial charge is 0.455 e. The summed E-state index contributed by atoms with van der Waals surface area (Å²) in [5.41, 5.74) is 2.47. The van der Waals surface area contributed by atoms with E-state index >= 15 is 0 Å². The third kappa shape index (κ3) is 4.57. The fraction of sp³-hybridized carbons (Fsp3) is 0.345. The second-order valence-electron chi connectivity index (χ2n) is 11.1. The van der Waals surface area contributed by atoms with E-state index in [0.29, 0.717) is 41.1 Å². The minimum atomic E-state index is -1.18. The van der Waals surface area contributed by atoms with Crippen LogP contribution in [0, 0.1) is 5.82 Å². The van der Waals surface area contributed by atoms with Gasteiger partial charge in [-0.05, 0) is 49.6 Å². The molecule has 0 spiro atoms. The molecule has 1 N–H and O–H groups in total. The highest BCUT2D eigenvalue weighted by Gasteiger charge is 2.46. The normalized spacial score (nSPS) is 17.3. The molecule has 5 rings (SSSR count).